The minimum Gasteiger partial charge on any atom is -0.294 e. The lowest BCUT2D eigenvalue weighted by Crippen LogP contribution is -2.39. The number of amides is 2. The van der Waals surface area contributed by atoms with Crippen LogP contribution in [0, 0.1) is 5.82 Å². The minimum absolute atomic E-state index is 0.111. The first-order valence-corrected chi connectivity index (χ1v) is 9.22. The standard InChI is InChI=1S/C22H22FNO3/c23-18-11-9-17(10-12-18)20(25)7-4-8-21(26)24-19(13-14-22(24)27)15-16-5-2-1-3-6-16/h1-3,5-6,9-12,19H,4,7-8,13-15H2/t19-/m1/s1. The number of carbonyl (C=O) groups excluding carboxylic acids is 3. The highest BCUT2D eigenvalue weighted by molar-refractivity contribution is 5.98. The van der Waals surface area contributed by atoms with Crippen LogP contribution in [-0.4, -0.2) is 28.5 Å². The van der Waals surface area contributed by atoms with Gasteiger partial charge in [-0.25, -0.2) is 4.39 Å². The van der Waals surface area contributed by atoms with Gasteiger partial charge in [0.05, 0.1) is 0 Å². The second kappa shape index (κ2) is 8.71. The summed E-state index contributed by atoms with van der Waals surface area (Å²) in [6.07, 6.45) is 2.45. The lowest BCUT2D eigenvalue weighted by atomic mass is 10.0. The summed E-state index contributed by atoms with van der Waals surface area (Å²) in [6.45, 7) is 0. The first kappa shape index (κ1) is 19.0. The molecule has 0 aromatic heterocycles. The molecule has 1 atom stereocenters. The number of Topliss-reactive ketones (excluding diaryl/α,β-unsaturated/α-hetero) is 1. The van der Waals surface area contributed by atoms with Crippen LogP contribution in [0.25, 0.3) is 0 Å². The van der Waals surface area contributed by atoms with E-state index < -0.39 is 5.82 Å². The monoisotopic (exact) mass is 367 g/mol. The molecule has 1 aliphatic rings. The van der Waals surface area contributed by atoms with Crippen LogP contribution in [0.3, 0.4) is 0 Å². The van der Waals surface area contributed by atoms with Crippen molar-refractivity contribution in [2.24, 2.45) is 0 Å². The molecule has 3 rings (SSSR count). The summed E-state index contributed by atoms with van der Waals surface area (Å²) >= 11 is 0. The SMILES string of the molecule is O=C(CCCC(=O)N1C(=O)CC[C@@H]1Cc1ccccc1)c1ccc(F)cc1. The molecule has 0 bridgehead atoms. The molecule has 0 unspecified atom stereocenters. The van der Waals surface area contributed by atoms with Crippen LogP contribution in [0.2, 0.25) is 0 Å². The minimum atomic E-state index is -0.390. The van der Waals surface area contributed by atoms with Crippen LogP contribution < -0.4 is 0 Å². The smallest absolute Gasteiger partial charge is 0.229 e. The average molecular weight is 367 g/mol. The zero-order valence-electron chi connectivity index (χ0n) is 15.1. The number of nitrogens with zero attached hydrogens (tertiary/aromatic N) is 1. The lowest BCUT2D eigenvalue weighted by Gasteiger charge is -2.23. The summed E-state index contributed by atoms with van der Waals surface area (Å²) in [7, 11) is 0. The normalized spacial score (nSPS) is 16.6. The van der Waals surface area contributed by atoms with Crippen LogP contribution in [0.4, 0.5) is 4.39 Å². The van der Waals surface area contributed by atoms with Gasteiger partial charge in [0.25, 0.3) is 0 Å². The van der Waals surface area contributed by atoms with Crippen molar-refractivity contribution in [2.75, 3.05) is 0 Å². The molecule has 2 amide bonds. The van der Waals surface area contributed by atoms with Crippen molar-refractivity contribution >= 4 is 17.6 Å². The van der Waals surface area contributed by atoms with E-state index in [-0.39, 0.29) is 36.5 Å². The summed E-state index contributed by atoms with van der Waals surface area (Å²) in [5.41, 5.74) is 1.53. The Morgan fingerprint density at radius 3 is 2.41 bits per heavy atom. The molecule has 0 saturated carbocycles. The van der Waals surface area contributed by atoms with E-state index in [1.807, 2.05) is 30.3 Å². The highest BCUT2D eigenvalue weighted by Crippen LogP contribution is 2.24. The Hall–Kier alpha value is -2.82. The second-order valence-electron chi connectivity index (χ2n) is 6.82. The molecule has 1 fully saturated rings. The average Bonchev–Trinajstić information content (AvgIpc) is 3.03. The van der Waals surface area contributed by atoms with E-state index in [4.69, 9.17) is 0 Å². The van der Waals surface area contributed by atoms with Gasteiger partial charge in [-0.1, -0.05) is 30.3 Å². The van der Waals surface area contributed by atoms with Gasteiger partial charge in [-0.05, 0) is 49.1 Å². The Balaban J connectivity index is 1.53. The lowest BCUT2D eigenvalue weighted by molar-refractivity contribution is -0.143. The Morgan fingerprint density at radius 1 is 1.00 bits per heavy atom. The van der Waals surface area contributed by atoms with E-state index in [1.165, 1.54) is 29.2 Å². The second-order valence-corrected chi connectivity index (χ2v) is 6.82. The van der Waals surface area contributed by atoms with Crippen LogP contribution in [-0.2, 0) is 16.0 Å². The molecular weight excluding hydrogens is 345 g/mol. The zero-order valence-corrected chi connectivity index (χ0v) is 15.1. The Bertz CT molecular complexity index is 817. The maximum absolute atomic E-state index is 12.9. The molecule has 1 heterocycles. The van der Waals surface area contributed by atoms with Gasteiger partial charge in [-0.15, -0.1) is 0 Å². The van der Waals surface area contributed by atoms with Crippen LogP contribution >= 0.6 is 0 Å². The number of ketones is 1. The van der Waals surface area contributed by atoms with Crippen molar-refractivity contribution in [3.05, 3.63) is 71.5 Å². The number of hydrogen-bond acceptors (Lipinski definition) is 3. The van der Waals surface area contributed by atoms with Gasteiger partial charge in [0, 0.05) is 30.9 Å². The number of carbonyl (C=O) groups is 3. The maximum Gasteiger partial charge on any atom is 0.229 e. The molecule has 4 nitrogen and oxygen atoms in total. The number of rotatable bonds is 7. The topological polar surface area (TPSA) is 54.5 Å². The van der Waals surface area contributed by atoms with E-state index in [2.05, 4.69) is 0 Å². The predicted molar refractivity (Wildman–Crippen MR) is 99.6 cm³/mol. The van der Waals surface area contributed by atoms with Gasteiger partial charge in [0.1, 0.15) is 5.82 Å². The van der Waals surface area contributed by atoms with Gasteiger partial charge >= 0.3 is 0 Å². The van der Waals surface area contributed by atoms with Gasteiger partial charge < -0.3 is 0 Å². The fourth-order valence-electron chi connectivity index (χ4n) is 3.47. The molecule has 1 aliphatic heterocycles. The van der Waals surface area contributed by atoms with Crippen molar-refractivity contribution in [2.45, 2.75) is 44.6 Å². The number of hydrogen-bond donors (Lipinski definition) is 0. The van der Waals surface area contributed by atoms with Crippen molar-refractivity contribution in [3.63, 3.8) is 0 Å². The summed E-state index contributed by atoms with van der Waals surface area (Å²) in [5.74, 6) is -0.869. The molecule has 0 spiro atoms. The van der Waals surface area contributed by atoms with Crippen LogP contribution in [0.15, 0.2) is 54.6 Å². The third kappa shape index (κ3) is 4.88. The van der Waals surface area contributed by atoms with E-state index in [1.54, 1.807) is 0 Å². The molecule has 27 heavy (non-hydrogen) atoms. The molecule has 5 heteroatoms. The fraction of sp³-hybridized carbons (Fsp3) is 0.318. The Kier molecular flexibility index (Phi) is 6.12. The Labute approximate surface area is 158 Å². The van der Waals surface area contributed by atoms with E-state index in [0.717, 1.165) is 5.56 Å². The molecule has 0 radical (unpaired) electrons. The van der Waals surface area contributed by atoms with Crippen LogP contribution in [0.1, 0.15) is 48.0 Å². The highest BCUT2D eigenvalue weighted by atomic mass is 19.1. The third-order valence-electron chi connectivity index (χ3n) is 4.87. The van der Waals surface area contributed by atoms with Crippen molar-refractivity contribution in [1.82, 2.24) is 4.90 Å². The van der Waals surface area contributed by atoms with Crippen molar-refractivity contribution in [3.8, 4) is 0 Å². The molecule has 1 saturated heterocycles. The van der Waals surface area contributed by atoms with E-state index >= 15 is 0 Å². The van der Waals surface area contributed by atoms with Gasteiger partial charge in [0.2, 0.25) is 11.8 Å². The molecular formula is C22H22FNO3. The first-order chi connectivity index (χ1) is 13.0. The predicted octanol–water partition coefficient (Wildman–Crippen LogP) is 3.94. The molecule has 0 N–H and O–H groups in total. The quantitative estimate of drug-likeness (QED) is 0.697. The van der Waals surface area contributed by atoms with Gasteiger partial charge in [-0.2, -0.15) is 0 Å². The fourth-order valence-corrected chi connectivity index (χ4v) is 3.47. The molecule has 2 aromatic carbocycles. The number of likely N-dealkylation sites (tertiary alicyclic amines) is 1. The number of halogens is 1. The van der Waals surface area contributed by atoms with Crippen LogP contribution in [0.5, 0.6) is 0 Å². The van der Waals surface area contributed by atoms with E-state index in [0.29, 0.717) is 31.2 Å². The van der Waals surface area contributed by atoms with Gasteiger partial charge in [0.15, 0.2) is 5.78 Å². The summed E-state index contributed by atoms with van der Waals surface area (Å²) < 4.78 is 12.9. The maximum atomic E-state index is 12.9. The summed E-state index contributed by atoms with van der Waals surface area (Å²) in [6, 6.07) is 15.1. The van der Waals surface area contributed by atoms with E-state index in [9.17, 15) is 18.8 Å². The summed E-state index contributed by atoms with van der Waals surface area (Å²) in [4.78, 5) is 38.2. The molecule has 140 valence electrons. The molecule has 2 aromatic rings. The zero-order chi connectivity index (χ0) is 19.2. The third-order valence-corrected chi connectivity index (χ3v) is 4.87. The van der Waals surface area contributed by atoms with Crippen molar-refractivity contribution in [1.29, 1.82) is 0 Å². The van der Waals surface area contributed by atoms with Gasteiger partial charge in [-0.3, -0.25) is 19.3 Å². The summed E-state index contributed by atoms with van der Waals surface area (Å²) in [5, 5.41) is 0. The van der Waals surface area contributed by atoms with Crippen molar-refractivity contribution < 1.29 is 18.8 Å². The Morgan fingerprint density at radius 2 is 1.70 bits per heavy atom. The number of imide groups is 1. The highest BCUT2D eigenvalue weighted by Gasteiger charge is 2.35. The number of benzene rings is 2. The molecule has 0 aliphatic carbocycles. The largest absolute Gasteiger partial charge is 0.294 e. The first-order valence-electron chi connectivity index (χ1n) is 9.22.